The van der Waals surface area contributed by atoms with E-state index < -0.39 is 0 Å². The summed E-state index contributed by atoms with van der Waals surface area (Å²) in [4.78, 5) is 26.7. The van der Waals surface area contributed by atoms with Crippen molar-refractivity contribution in [2.45, 2.75) is 44.3 Å². The van der Waals surface area contributed by atoms with Crippen LogP contribution in [0.4, 0.5) is 5.00 Å². The zero-order valence-corrected chi connectivity index (χ0v) is 22.2. The summed E-state index contributed by atoms with van der Waals surface area (Å²) in [5, 5.41) is 13.6. The molecule has 1 aromatic carbocycles. The SMILES string of the molecule is C=CCn1c(SCC(=O)Nc2sc3c(c2C(=O)OCC)CCCC3)nnc1-c1ccc(Cl)cc1Cl. The zero-order chi connectivity index (χ0) is 24.9. The largest absolute Gasteiger partial charge is 0.462 e. The zero-order valence-electron chi connectivity index (χ0n) is 19.1. The van der Waals surface area contributed by atoms with Gasteiger partial charge in [0, 0.05) is 22.0 Å². The quantitative estimate of drug-likeness (QED) is 0.191. The van der Waals surface area contributed by atoms with Crippen LogP contribution in [0.25, 0.3) is 11.4 Å². The number of halogens is 2. The Morgan fingerprint density at radius 3 is 2.83 bits per heavy atom. The fourth-order valence-electron chi connectivity index (χ4n) is 3.93. The van der Waals surface area contributed by atoms with Crippen LogP contribution in [0.3, 0.4) is 0 Å². The number of allylic oxidation sites excluding steroid dienone is 1. The predicted octanol–water partition coefficient (Wildman–Crippen LogP) is 6.29. The van der Waals surface area contributed by atoms with Crippen molar-refractivity contribution < 1.29 is 14.3 Å². The van der Waals surface area contributed by atoms with Gasteiger partial charge in [-0.3, -0.25) is 9.36 Å². The molecule has 0 unspecified atom stereocenters. The van der Waals surface area contributed by atoms with Gasteiger partial charge >= 0.3 is 5.97 Å². The van der Waals surface area contributed by atoms with Crippen molar-refractivity contribution >= 4 is 63.2 Å². The van der Waals surface area contributed by atoms with Gasteiger partial charge in [0.1, 0.15) is 5.00 Å². The second-order valence-electron chi connectivity index (χ2n) is 7.80. The van der Waals surface area contributed by atoms with Crippen LogP contribution in [-0.4, -0.2) is 39.0 Å². The lowest BCUT2D eigenvalue weighted by Crippen LogP contribution is -2.17. The summed E-state index contributed by atoms with van der Waals surface area (Å²) in [7, 11) is 0. The van der Waals surface area contributed by atoms with Crippen molar-refractivity contribution in [1.82, 2.24) is 14.8 Å². The smallest absolute Gasteiger partial charge is 0.341 e. The number of carbonyl (C=O) groups is 2. The highest BCUT2D eigenvalue weighted by molar-refractivity contribution is 7.99. The molecule has 35 heavy (non-hydrogen) atoms. The highest BCUT2D eigenvalue weighted by Crippen LogP contribution is 2.39. The maximum absolute atomic E-state index is 12.9. The van der Waals surface area contributed by atoms with E-state index in [2.05, 4.69) is 22.1 Å². The van der Waals surface area contributed by atoms with Crippen LogP contribution < -0.4 is 5.32 Å². The number of esters is 1. The summed E-state index contributed by atoms with van der Waals surface area (Å²) in [6.45, 7) is 6.31. The average Bonchev–Trinajstić information content (AvgIpc) is 3.39. The molecule has 0 fully saturated rings. The summed E-state index contributed by atoms with van der Waals surface area (Å²) in [6, 6.07) is 5.16. The normalized spacial score (nSPS) is 12.8. The third kappa shape index (κ3) is 5.74. The molecule has 7 nitrogen and oxygen atoms in total. The molecule has 0 spiro atoms. The second kappa shape index (κ2) is 11.6. The van der Waals surface area contributed by atoms with E-state index in [9.17, 15) is 9.59 Å². The first-order chi connectivity index (χ1) is 16.9. The Kier molecular flexibility index (Phi) is 8.54. The van der Waals surface area contributed by atoms with Crippen LogP contribution in [0.1, 0.15) is 40.6 Å². The highest BCUT2D eigenvalue weighted by Gasteiger charge is 2.27. The number of thioether (sulfide) groups is 1. The number of aryl methyl sites for hydroxylation is 1. The molecule has 1 aliphatic rings. The van der Waals surface area contributed by atoms with E-state index in [0.717, 1.165) is 36.1 Å². The number of anilines is 1. The lowest BCUT2D eigenvalue weighted by Gasteiger charge is -2.12. The summed E-state index contributed by atoms with van der Waals surface area (Å²) in [6.07, 6.45) is 5.57. The van der Waals surface area contributed by atoms with Crippen molar-refractivity contribution in [2.75, 3.05) is 17.7 Å². The number of amides is 1. The molecule has 0 bridgehead atoms. The van der Waals surface area contributed by atoms with Crippen LogP contribution in [0.2, 0.25) is 10.0 Å². The summed E-state index contributed by atoms with van der Waals surface area (Å²) in [5.74, 6) is 0.0301. The molecule has 0 saturated heterocycles. The van der Waals surface area contributed by atoms with Gasteiger partial charge in [-0.05, 0) is 56.4 Å². The van der Waals surface area contributed by atoms with Crippen molar-refractivity contribution in [3.05, 3.63) is 56.9 Å². The van der Waals surface area contributed by atoms with Gasteiger partial charge < -0.3 is 10.1 Å². The monoisotopic (exact) mass is 550 g/mol. The van der Waals surface area contributed by atoms with E-state index >= 15 is 0 Å². The van der Waals surface area contributed by atoms with E-state index in [1.165, 1.54) is 23.1 Å². The Morgan fingerprint density at radius 1 is 1.29 bits per heavy atom. The van der Waals surface area contributed by atoms with E-state index in [0.29, 0.717) is 43.7 Å². The van der Waals surface area contributed by atoms with Crippen molar-refractivity contribution in [3.8, 4) is 11.4 Å². The minimum Gasteiger partial charge on any atom is -0.462 e. The molecule has 0 radical (unpaired) electrons. The molecule has 1 N–H and O–H groups in total. The molecule has 1 aliphatic carbocycles. The number of aromatic nitrogens is 3. The lowest BCUT2D eigenvalue weighted by molar-refractivity contribution is -0.113. The topological polar surface area (TPSA) is 86.1 Å². The van der Waals surface area contributed by atoms with Crippen LogP contribution in [0, 0.1) is 0 Å². The number of nitrogens with zero attached hydrogens (tertiary/aromatic N) is 3. The van der Waals surface area contributed by atoms with Gasteiger partial charge in [0.05, 0.1) is 22.9 Å². The molecule has 184 valence electrons. The average molecular weight is 552 g/mol. The summed E-state index contributed by atoms with van der Waals surface area (Å²) in [5.41, 5.74) is 2.20. The van der Waals surface area contributed by atoms with Gasteiger partial charge in [-0.2, -0.15) is 0 Å². The van der Waals surface area contributed by atoms with E-state index in [1.807, 2.05) is 4.57 Å². The lowest BCUT2D eigenvalue weighted by atomic mass is 9.95. The number of ether oxygens (including phenoxy) is 1. The Labute approximate surface area is 221 Å². The van der Waals surface area contributed by atoms with E-state index in [-0.39, 0.29) is 24.2 Å². The number of rotatable bonds is 9. The molecular formula is C24H24Cl2N4O3S2. The van der Waals surface area contributed by atoms with Crippen molar-refractivity contribution in [2.24, 2.45) is 0 Å². The fraction of sp³-hybridized carbons (Fsp3) is 0.333. The minimum absolute atomic E-state index is 0.0917. The number of benzene rings is 1. The maximum Gasteiger partial charge on any atom is 0.341 e. The predicted molar refractivity (Wildman–Crippen MR) is 142 cm³/mol. The van der Waals surface area contributed by atoms with Crippen LogP contribution in [0.5, 0.6) is 0 Å². The van der Waals surface area contributed by atoms with Crippen molar-refractivity contribution in [3.63, 3.8) is 0 Å². The molecule has 2 aromatic heterocycles. The van der Waals surface area contributed by atoms with Gasteiger partial charge in [-0.15, -0.1) is 28.1 Å². The highest BCUT2D eigenvalue weighted by atomic mass is 35.5. The van der Waals surface area contributed by atoms with E-state index in [4.69, 9.17) is 27.9 Å². The third-order valence-corrected chi connectivity index (χ3v) is 8.16. The number of thiophene rings is 1. The standard InChI is InChI=1S/C24H24Cl2N4O3S2/c1-3-11-30-21(15-10-9-14(25)12-17(15)26)28-29-24(30)34-13-19(31)27-22-20(23(32)33-4-2)16-7-5-6-8-18(16)35-22/h3,9-10,12H,1,4-8,11,13H2,2H3,(H,27,31). The Morgan fingerprint density at radius 2 is 2.09 bits per heavy atom. The molecule has 0 aliphatic heterocycles. The molecule has 0 atom stereocenters. The molecule has 2 heterocycles. The molecule has 11 heteroatoms. The van der Waals surface area contributed by atoms with Crippen LogP contribution >= 0.6 is 46.3 Å². The second-order valence-corrected chi connectivity index (χ2v) is 10.7. The first kappa shape index (κ1) is 25.8. The number of fused-ring (bicyclic) bond motifs is 1. The Hall–Kier alpha value is -2.33. The van der Waals surface area contributed by atoms with Crippen LogP contribution in [0.15, 0.2) is 36.0 Å². The fourth-order valence-corrected chi connectivity index (χ4v) is 6.46. The third-order valence-electron chi connectivity index (χ3n) is 5.44. The van der Waals surface area contributed by atoms with Gasteiger partial charge in [-0.25, -0.2) is 4.79 Å². The van der Waals surface area contributed by atoms with Gasteiger partial charge in [0.15, 0.2) is 11.0 Å². The first-order valence-corrected chi connectivity index (χ1v) is 13.7. The summed E-state index contributed by atoms with van der Waals surface area (Å²) >= 11 is 15.1. The van der Waals surface area contributed by atoms with Gasteiger partial charge in [-0.1, -0.05) is 41.0 Å². The van der Waals surface area contributed by atoms with Gasteiger partial charge in [0.2, 0.25) is 5.91 Å². The number of nitrogens with one attached hydrogen (secondary N) is 1. The van der Waals surface area contributed by atoms with Crippen molar-refractivity contribution in [1.29, 1.82) is 0 Å². The molecular weight excluding hydrogens is 527 g/mol. The maximum atomic E-state index is 12.9. The van der Waals surface area contributed by atoms with Crippen LogP contribution in [-0.2, 0) is 28.9 Å². The Bertz CT molecular complexity index is 1270. The Balaban J connectivity index is 1.52. The molecule has 3 aromatic rings. The number of carbonyl (C=O) groups excluding carboxylic acids is 2. The number of hydrogen-bond donors (Lipinski definition) is 1. The van der Waals surface area contributed by atoms with E-state index in [1.54, 1.807) is 31.2 Å². The summed E-state index contributed by atoms with van der Waals surface area (Å²) < 4.78 is 7.11. The first-order valence-electron chi connectivity index (χ1n) is 11.2. The minimum atomic E-state index is -0.384. The molecule has 0 saturated carbocycles. The number of hydrogen-bond acceptors (Lipinski definition) is 7. The van der Waals surface area contributed by atoms with Gasteiger partial charge in [0.25, 0.3) is 0 Å². The molecule has 4 rings (SSSR count). The molecule has 1 amide bonds.